The molecule has 0 aromatic heterocycles. The summed E-state index contributed by atoms with van der Waals surface area (Å²) in [7, 11) is 4.66. The molecule has 3 N–H and O–H groups in total. The molecule has 6 nitrogen and oxygen atoms in total. The molecule has 0 saturated heterocycles. The van der Waals surface area contributed by atoms with Crippen molar-refractivity contribution in [2.75, 3.05) is 27.1 Å². The highest BCUT2D eigenvalue weighted by atomic mass is 16.5. The predicted octanol–water partition coefficient (Wildman–Crippen LogP) is 2.22. The predicted molar refractivity (Wildman–Crippen MR) is 88.1 cm³/mol. The zero-order valence-corrected chi connectivity index (χ0v) is 13.4. The Morgan fingerprint density at radius 1 is 1.04 bits per heavy atom. The Kier molecular flexibility index (Phi) is 5.30. The van der Waals surface area contributed by atoms with Crippen LogP contribution in [0.15, 0.2) is 36.4 Å². The molecule has 0 aliphatic carbocycles. The first-order valence-electron chi connectivity index (χ1n) is 7.02. The summed E-state index contributed by atoms with van der Waals surface area (Å²) in [6.45, 7) is 0.240. The summed E-state index contributed by atoms with van der Waals surface area (Å²) in [6.07, 6.45) is 0. The molecule has 0 atom stereocenters. The zero-order chi connectivity index (χ0) is 16.8. The molecular weight excluding hydrogens is 296 g/mol. The molecule has 0 radical (unpaired) electrons. The van der Waals surface area contributed by atoms with Gasteiger partial charge in [0.25, 0.3) is 5.91 Å². The Hall–Kier alpha value is -2.89. The van der Waals surface area contributed by atoms with E-state index >= 15 is 0 Å². The summed E-state index contributed by atoms with van der Waals surface area (Å²) in [6, 6.07) is 10.4. The van der Waals surface area contributed by atoms with Crippen LogP contribution in [0.2, 0.25) is 0 Å². The van der Waals surface area contributed by atoms with Crippen molar-refractivity contribution < 1.29 is 19.0 Å². The number of anilines is 1. The Morgan fingerprint density at radius 3 is 2.17 bits per heavy atom. The fourth-order valence-corrected chi connectivity index (χ4v) is 2.22. The van der Waals surface area contributed by atoms with Crippen LogP contribution < -0.4 is 25.3 Å². The first-order valence-corrected chi connectivity index (χ1v) is 7.02. The topological polar surface area (TPSA) is 82.8 Å². The summed E-state index contributed by atoms with van der Waals surface area (Å²) < 4.78 is 15.9. The molecule has 0 fully saturated rings. The van der Waals surface area contributed by atoms with E-state index < -0.39 is 0 Å². The highest BCUT2D eigenvalue weighted by Gasteiger charge is 2.15. The molecule has 0 aliphatic heterocycles. The molecule has 23 heavy (non-hydrogen) atoms. The number of hydrogen-bond acceptors (Lipinski definition) is 5. The second-order valence-corrected chi connectivity index (χ2v) is 4.78. The van der Waals surface area contributed by atoms with Crippen molar-refractivity contribution >= 4 is 11.6 Å². The van der Waals surface area contributed by atoms with Gasteiger partial charge in [0.05, 0.1) is 39.0 Å². The molecule has 122 valence electrons. The highest BCUT2D eigenvalue weighted by Crippen LogP contribution is 2.33. The van der Waals surface area contributed by atoms with Crippen molar-refractivity contribution in [1.29, 1.82) is 0 Å². The third kappa shape index (κ3) is 3.66. The lowest BCUT2D eigenvalue weighted by atomic mass is 10.1. The molecule has 2 aromatic rings. The average molecular weight is 316 g/mol. The van der Waals surface area contributed by atoms with Gasteiger partial charge in [0.1, 0.15) is 17.2 Å². The monoisotopic (exact) mass is 316 g/mol. The van der Waals surface area contributed by atoms with Crippen molar-refractivity contribution in [2.24, 2.45) is 0 Å². The van der Waals surface area contributed by atoms with Crippen LogP contribution in [0, 0.1) is 0 Å². The van der Waals surface area contributed by atoms with E-state index in [0.717, 1.165) is 5.56 Å². The molecule has 0 spiro atoms. The smallest absolute Gasteiger partial charge is 0.253 e. The number of para-hydroxylation sites is 1. The quantitative estimate of drug-likeness (QED) is 0.799. The normalized spacial score (nSPS) is 10.0. The lowest BCUT2D eigenvalue weighted by Crippen LogP contribution is -2.24. The Morgan fingerprint density at radius 2 is 1.65 bits per heavy atom. The number of carbonyl (C=O) groups excluding carboxylic acids is 1. The van der Waals surface area contributed by atoms with Crippen LogP contribution >= 0.6 is 0 Å². The third-order valence-corrected chi connectivity index (χ3v) is 3.45. The van der Waals surface area contributed by atoms with Gasteiger partial charge in [-0.3, -0.25) is 4.79 Å². The zero-order valence-electron chi connectivity index (χ0n) is 13.4. The summed E-state index contributed by atoms with van der Waals surface area (Å²) in [5, 5.41) is 2.82. The van der Waals surface area contributed by atoms with Crippen molar-refractivity contribution in [3.8, 4) is 17.2 Å². The maximum absolute atomic E-state index is 12.3. The second-order valence-electron chi connectivity index (χ2n) is 4.78. The molecule has 0 aliphatic rings. The van der Waals surface area contributed by atoms with E-state index in [0.29, 0.717) is 28.5 Å². The lowest BCUT2D eigenvalue weighted by Gasteiger charge is -2.16. The number of ether oxygens (including phenoxy) is 3. The lowest BCUT2D eigenvalue weighted by molar-refractivity contribution is 0.0951. The molecule has 0 unspecified atom stereocenters. The molecule has 0 bridgehead atoms. The summed E-state index contributed by atoms with van der Waals surface area (Å²) in [5.74, 6) is 1.49. The fourth-order valence-electron chi connectivity index (χ4n) is 2.22. The SMILES string of the molecule is COc1cc(OC)c(CNC(=O)c2ccccc2N)c(OC)c1. The summed E-state index contributed by atoms with van der Waals surface area (Å²) in [5.41, 5.74) is 7.39. The Balaban J connectivity index is 2.23. The van der Waals surface area contributed by atoms with Crippen molar-refractivity contribution in [1.82, 2.24) is 5.32 Å². The number of hydrogen-bond donors (Lipinski definition) is 2. The Labute approximate surface area is 135 Å². The number of benzene rings is 2. The number of rotatable bonds is 6. The molecule has 1 amide bonds. The van der Waals surface area contributed by atoms with Gasteiger partial charge in [0.15, 0.2) is 0 Å². The number of nitrogens with one attached hydrogen (secondary N) is 1. The summed E-state index contributed by atoms with van der Waals surface area (Å²) >= 11 is 0. The maximum Gasteiger partial charge on any atom is 0.253 e. The van der Waals surface area contributed by atoms with Crippen LogP contribution in [-0.4, -0.2) is 27.2 Å². The first kappa shape index (κ1) is 16.5. The maximum atomic E-state index is 12.3. The van der Waals surface area contributed by atoms with Crippen LogP contribution in [0.3, 0.4) is 0 Å². The third-order valence-electron chi connectivity index (χ3n) is 3.45. The highest BCUT2D eigenvalue weighted by molar-refractivity contribution is 5.99. The second kappa shape index (κ2) is 7.40. The average Bonchev–Trinajstić information content (AvgIpc) is 2.59. The van der Waals surface area contributed by atoms with Gasteiger partial charge < -0.3 is 25.3 Å². The number of carbonyl (C=O) groups is 1. The van der Waals surface area contributed by atoms with Gasteiger partial charge in [-0.05, 0) is 12.1 Å². The van der Waals surface area contributed by atoms with Crippen LogP contribution in [-0.2, 0) is 6.54 Å². The molecule has 0 saturated carbocycles. The van der Waals surface area contributed by atoms with Crippen molar-refractivity contribution in [3.05, 3.63) is 47.5 Å². The largest absolute Gasteiger partial charge is 0.496 e. The van der Waals surface area contributed by atoms with Crippen LogP contribution in [0.5, 0.6) is 17.2 Å². The standard InChI is InChI=1S/C17H20N2O4/c1-21-11-8-15(22-2)13(16(9-11)23-3)10-19-17(20)12-6-4-5-7-14(12)18/h4-9H,10,18H2,1-3H3,(H,19,20). The van der Waals surface area contributed by atoms with Gasteiger partial charge >= 0.3 is 0 Å². The van der Waals surface area contributed by atoms with Crippen molar-refractivity contribution in [2.45, 2.75) is 6.54 Å². The van der Waals surface area contributed by atoms with E-state index in [9.17, 15) is 4.79 Å². The number of nitrogens with two attached hydrogens (primary N) is 1. The minimum atomic E-state index is -0.261. The number of nitrogen functional groups attached to an aromatic ring is 1. The molecule has 0 heterocycles. The van der Waals surface area contributed by atoms with E-state index in [1.807, 2.05) is 0 Å². The molecule has 2 rings (SSSR count). The number of amides is 1. The minimum absolute atomic E-state index is 0.240. The van der Waals surface area contributed by atoms with Crippen LogP contribution in [0.25, 0.3) is 0 Å². The first-order chi connectivity index (χ1) is 11.1. The van der Waals surface area contributed by atoms with E-state index in [-0.39, 0.29) is 12.5 Å². The van der Waals surface area contributed by atoms with E-state index in [1.165, 1.54) is 0 Å². The fraction of sp³-hybridized carbons (Fsp3) is 0.235. The molecule has 6 heteroatoms. The van der Waals surface area contributed by atoms with Crippen LogP contribution in [0.4, 0.5) is 5.69 Å². The van der Waals surface area contributed by atoms with E-state index in [1.54, 1.807) is 57.7 Å². The van der Waals surface area contributed by atoms with Gasteiger partial charge in [0, 0.05) is 17.8 Å². The molecular formula is C17H20N2O4. The summed E-state index contributed by atoms with van der Waals surface area (Å²) in [4.78, 5) is 12.3. The van der Waals surface area contributed by atoms with E-state index in [4.69, 9.17) is 19.9 Å². The van der Waals surface area contributed by atoms with Crippen molar-refractivity contribution in [3.63, 3.8) is 0 Å². The van der Waals surface area contributed by atoms with Gasteiger partial charge in [0.2, 0.25) is 0 Å². The van der Waals surface area contributed by atoms with E-state index in [2.05, 4.69) is 5.32 Å². The Bertz CT molecular complexity index is 676. The van der Waals surface area contributed by atoms with Gasteiger partial charge in [-0.15, -0.1) is 0 Å². The van der Waals surface area contributed by atoms with Gasteiger partial charge in [-0.25, -0.2) is 0 Å². The number of methoxy groups -OCH3 is 3. The minimum Gasteiger partial charge on any atom is -0.496 e. The van der Waals surface area contributed by atoms with Crippen LogP contribution in [0.1, 0.15) is 15.9 Å². The van der Waals surface area contributed by atoms with Gasteiger partial charge in [-0.2, -0.15) is 0 Å². The van der Waals surface area contributed by atoms with Gasteiger partial charge in [-0.1, -0.05) is 12.1 Å². The molecule has 2 aromatic carbocycles.